The normalized spacial score (nSPS) is 38.5. The highest BCUT2D eigenvalue weighted by atomic mass is 16.7. The fourth-order valence-corrected chi connectivity index (χ4v) is 8.86. The van der Waals surface area contributed by atoms with E-state index in [2.05, 4.69) is 5.32 Å². The number of carbonyl (C=O) groups excluding carboxylic acids is 1. The van der Waals surface area contributed by atoms with Gasteiger partial charge in [0.2, 0.25) is 0 Å². The minimum Gasteiger partial charge on any atom is -0.481 e. The molecule has 0 spiro atoms. The Hall–Kier alpha value is -3.68. The predicted octanol–water partition coefficient (Wildman–Crippen LogP) is -2.65. The van der Waals surface area contributed by atoms with Gasteiger partial charge in [-0.15, -0.1) is 0 Å². The number of hydrogen-bond donors (Lipinski definition) is 18. The number of aliphatic carboxylic acids is 1. The van der Waals surface area contributed by atoms with Crippen LogP contribution in [0.5, 0.6) is 0 Å². The van der Waals surface area contributed by atoms with Crippen LogP contribution in [0.1, 0.15) is 79.1 Å². The average Bonchev–Trinajstić information content (AvgIpc) is 3.36. The van der Waals surface area contributed by atoms with Gasteiger partial charge in [0.1, 0.15) is 36.4 Å². The van der Waals surface area contributed by atoms with Crippen molar-refractivity contribution in [2.45, 2.75) is 201 Å². The summed E-state index contributed by atoms with van der Waals surface area (Å²) in [6.07, 6.45) is -2.19. The van der Waals surface area contributed by atoms with Crippen LogP contribution >= 0.6 is 0 Å². The monoisotopic (exact) mass is 1120 g/mol. The molecule has 3 aliphatic heterocycles. The average molecular weight is 1120 g/mol. The Morgan fingerprint density at radius 1 is 0.692 bits per heavy atom. The number of rotatable bonds is 9. The molecule has 0 radical (unpaired) electrons. The molecule has 0 aromatic heterocycles. The SMILES string of the molecule is CNC[C@H](O)[C@@H](O)[C@H](O)[C@H](O)CO.C[C@@H]1[C@H](O)[C@@H](C)C=CC=CC=CC=CC=CC=CC=C[C@H](O[C@@H]2O[C@H](C)[C@@H](O)[C@H](N)[C@@H]2O)C[C@@H]2O[C@](O)(C[C@@H](O)C[C@@H](O)[C@H](O)CC[C@@H](O)C[C@@H](O)CC(=O)O[C@H]1C)C[C@H](O)[C@H]2C(=O)O. The van der Waals surface area contributed by atoms with Crippen molar-refractivity contribution in [3.8, 4) is 0 Å². The van der Waals surface area contributed by atoms with E-state index < -0.39 is 178 Å². The second kappa shape index (κ2) is 35.9. The maximum atomic E-state index is 12.6. The molecule has 0 aromatic carbocycles. The Morgan fingerprint density at radius 3 is 1.79 bits per heavy atom. The standard InChI is InChI=1S/C47H73NO17.C7H17NO5/c1-27-17-15-13-11-9-7-5-6-8-10-12-14-16-18-34(64-46-44(58)41(48)43(57)30(4)63-46)24-38-40(45(59)60)37(54)26-47(61,65-38)25-33(51)22-36(53)35(52)20-19-31(49)21-32(50)23-39(55)62-29(3)28(2)42(27)56;1-8-2-4(10)6(12)7(13)5(11)3-9/h5-18,27-38,40-44,46,49-54,56-58,61H,19-26,48H2,1-4H3,(H,59,60);4-13H,2-3H2,1H3/t27-,28-,29-,30+,31+,32+,33-,34-,35+,36+,37-,38-,40+,41-,42+,43+,44-,46-,47+;4-,5+,6+,7+/m00/s1. The van der Waals surface area contributed by atoms with Crippen molar-refractivity contribution in [2.24, 2.45) is 23.5 Å². The molecule has 24 nitrogen and oxygen atoms in total. The fraction of sp³-hybridized carbons (Fsp3) is 0.704. The highest BCUT2D eigenvalue weighted by Crippen LogP contribution is 2.38. The van der Waals surface area contributed by atoms with Crippen LogP contribution in [0.15, 0.2) is 85.1 Å². The molecule has 2 bridgehead atoms. The lowest BCUT2D eigenvalue weighted by atomic mass is 9.82. The molecule has 0 amide bonds. The summed E-state index contributed by atoms with van der Waals surface area (Å²) in [4.78, 5) is 25.1. The highest BCUT2D eigenvalue weighted by Gasteiger charge is 2.51. The quantitative estimate of drug-likeness (QED) is 0.105. The Balaban J connectivity index is 0.00000141. The summed E-state index contributed by atoms with van der Waals surface area (Å²) in [5.74, 6) is -6.83. The molecule has 0 saturated carbocycles. The summed E-state index contributed by atoms with van der Waals surface area (Å²) >= 11 is 0. The van der Waals surface area contributed by atoms with Crippen LogP contribution in [-0.2, 0) is 28.5 Å². The van der Waals surface area contributed by atoms with Crippen LogP contribution in [0, 0.1) is 17.8 Å². The molecule has 3 rings (SSSR count). The smallest absolute Gasteiger partial charge is 0.311 e. The van der Waals surface area contributed by atoms with Gasteiger partial charge < -0.3 is 112 Å². The number of likely N-dealkylation sites (N-methyl/N-ethyl adjacent to an activating group) is 1. The van der Waals surface area contributed by atoms with Crippen LogP contribution in [0.4, 0.5) is 0 Å². The number of carbonyl (C=O) groups is 2. The molecular weight excluding hydrogens is 1030 g/mol. The lowest BCUT2D eigenvalue weighted by molar-refractivity contribution is -0.308. The number of nitrogens with two attached hydrogens (primary N) is 1. The number of carboxylic acid groups (broad SMARTS) is 1. The van der Waals surface area contributed by atoms with Crippen LogP contribution in [-0.4, -0.2) is 236 Å². The van der Waals surface area contributed by atoms with Gasteiger partial charge in [0.25, 0.3) is 0 Å². The molecule has 23 atom stereocenters. The molecule has 448 valence electrons. The second-order valence-electron chi connectivity index (χ2n) is 20.4. The molecule has 0 aromatic rings. The maximum Gasteiger partial charge on any atom is 0.311 e. The Kier molecular flexibility index (Phi) is 32.4. The first-order valence-electron chi connectivity index (χ1n) is 26.3. The van der Waals surface area contributed by atoms with Gasteiger partial charge in [-0.05, 0) is 40.2 Å². The molecule has 2 saturated heterocycles. The van der Waals surface area contributed by atoms with E-state index in [1.54, 1.807) is 87.7 Å². The van der Waals surface area contributed by atoms with Gasteiger partial charge in [0, 0.05) is 44.1 Å². The van der Waals surface area contributed by atoms with E-state index in [1.165, 1.54) is 13.0 Å². The zero-order chi connectivity index (χ0) is 58.9. The number of fused-ring (bicyclic) bond motifs is 2. The minimum atomic E-state index is -2.33. The second-order valence-corrected chi connectivity index (χ2v) is 20.4. The van der Waals surface area contributed by atoms with E-state index in [0.29, 0.717) is 0 Å². The van der Waals surface area contributed by atoms with E-state index in [4.69, 9.17) is 45.1 Å². The Labute approximate surface area is 456 Å². The summed E-state index contributed by atoms with van der Waals surface area (Å²) in [6.45, 7) is 6.17. The van der Waals surface area contributed by atoms with E-state index in [-0.39, 0.29) is 38.1 Å². The van der Waals surface area contributed by atoms with Gasteiger partial charge in [-0.3, -0.25) is 9.59 Å². The molecular formula is C54H90N2O22. The first-order chi connectivity index (χ1) is 36.7. The number of nitrogens with one attached hydrogen (secondary N) is 1. The van der Waals surface area contributed by atoms with Crippen LogP contribution in [0.25, 0.3) is 0 Å². The third-order valence-electron chi connectivity index (χ3n) is 13.8. The topological polar surface area (TPSA) is 433 Å². The van der Waals surface area contributed by atoms with Crippen molar-refractivity contribution in [3.05, 3.63) is 85.1 Å². The number of aliphatic hydroxyl groups is 15. The number of ether oxygens (including phenoxy) is 4. The first kappa shape index (κ1) is 70.4. The Bertz CT molecular complexity index is 1940. The van der Waals surface area contributed by atoms with Gasteiger partial charge in [0.15, 0.2) is 12.1 Å². The van der Waals surface area contributed by atoms with Crippen molar-refractivity contribution in [2.75, 3.05) is 20.2 Å². The number of aliphatic hydroxyl groups excluding tert-OH is 14. The number of esters is 1. The summed E-state index contributed by atoms with van der Waals surface area (Å²) in [7, 11) is 1.57. The van der Waals surface area contributed by atoms with Crippen molar-refractivity contribution in [1.82, 2.24) is 5.32 Å². The van der Waals surface area contributed by atoms with Gasteiger partial charge >= 0.3 is 11.9 Å². The lowest BCUT2D eigenvalue weighted by Gasteiger charge is -2.45. The van der Waals surface area contributed by atoms with Crippen molar-refractivity contribution in [1.29, 1.82) is 0 Å². The third-order valence-corrected chi connectivity index (χ3v) is 13.8. The van der Waals surface area contributed by atoms with Crippen LogP contribution < -0.4 is 11.1 Å². The zero-order valence-corrected chi connectivity index (χ0v) is 45.0. The molecule has 0 aliphatic carbocycles. The number of allylic oxidation sites excluding steroid dienone is 12. The number of hydrogen-bond acceptors (Lipinski definition) is 23. The highest BCUT2D eigenvalue weighted by molar-refractivity contribution is 5.71. The maximum absolute atomic E-state index is 12.6. The van der Waals surface area contributed by atoms with E-state index >= 15 is 0 Å². The summed E-state index contributed by atoms with van der Waals surface area (Å²) < 4.78 is 23.1. The molecule has 2 fully saturated rings. The summed E-state index contributed by atoms with van der Waals surface area (Å²) in [5, 5.41) is 166. The van der Waals surface area contributed by atoms with Gasteiger partial charge in [-0.25, -0.2) is 0 Å². The number of carboxylic acids is 1. The Morgan fingerprint density at radius 2 is 1.24 bits per heavy atom. The predicted molar refractivity (Wildman–Crippen MR) is 282 cm³/mol. The van der Waals surface area contributed by atoms with E-state index in [9.17, 15) is 70.9 Å². The van der Waals surface area contributed by atoms with Crippen LogP contribution in [0.2, 0.25) is 0 Å². The lowest BCUT2D eigenvalue weighted by Crippen LogP contribution is -2.61. The van der Waals surface area contributed by atoms with Crippen LogP contribution in [0.3, 0.4) is 0 Å². The summed E-state index contributed by atoms with van der Waals surface area (Å²) in [6, 6.07) is -1.15. The molecule has 78 heavy (non-hydrogen) atoms. The van der Waals surface area contributed by atoms with Gasteiger partial charge in [-0.1, -0.05) is 98.9 Å². The first-order valence-corrected chi connectivity index (χ1v) is 26.3. The largest absolute Gasteiger partial charge is 0.481 e. The van der Waals surface area contributed by atoms with Gasteiger partial charge in [0.05, 0.1) is 92.3 Å². The number of cyclic esters (lactones) is 1. The fourth-order valence-electron chi connectivity index (χ4n) is 8.86. The molecule has 3 aliphatic rings. The molecule has 3 heterocycles. The zero-order valence-electron chi connectivity index (χ0n) is 45.0. The summed E-state index contributed by atoms with van der Waals surface area (Å²) in [5.41, 5.74) is 6.02. The van der Waals surface area contributed by atoms with Crippen molar-refractivity contribution in [3.63, 3.8) is 0 Å². The van der Waals surface area contributed by atoms with Crippen molar-refractivity contribution >= 4 is 11.9 Å². The molecule has 0 unspecified atom stereocenters. The third kappa shape index (κ3) is 24.6. The molecule has 24 heteroatoms. The molecule has 19 N–H and O–H groups in total. The van der Waals surface area contributed by atoms with Crippen molar-refractivity contribution < 1.29 is 110 Å². The van der Waals surface area contributed by atoms with E-state index in [1.807, 2.05) is 19.1 Å². The minimum absolute atomic E-state index is 0.0936. The van der Waals surface area contributed by atoms with E-state index in [0.717, 1.165) is 0 Å². The van der Waals surface area contributed by atoms with Gasteiger partial charge in [-0.2, -0.15) is 0 Å².